The van der Waals surface area contributed by atoms with Gasteiger partial charge in [-0.1, -0.05) is 43.5 Å². The number of halogens is 2. The minimum atomic E-state index is 0.292. The molecular formula is C16H23Cl2NO. The molecule has 1 aliphatic rings. The van der Waals surface area contributed by atoms with Crippen LogP contribution >= 0.6 is 23.2 Å². The third-order valence-corrected chi connectivity index (χ3v) is 4.12. The maximum absolute atomic E-state index is 6.33. The molecule has 0 radical (unpaired) electrons. The van der Waals surface area contributed by atoms with E-state index in [2.05, 4.69) is 19.2 Å². The Morgan fingerprint density at radius 3 is 2.55 bits per heavy atom. The second-order valence-electron chi connectivity index (χ2n) is 5.79. The number of hydrogen-bond acceptors (Lipinski definition) is 2. The summed E-state index contributed by atoms with van der Waals surface area (Å²) in [6, 6.07) is 4.12. The fourth-order valence-electron chi connectivity index (χ4n) is 2.54. The summed E-state index contributed by atoms with van der Waals surface area (Å²) in [4.78, 5) is 0. The van der Waals surface area contributed by atoms with Gasteiger partial charge in [-0.2, -0.15) is 0 Å². The molecular weight excluding hydrogens is 293 g/mol. The van der Waals surface area contributed by atoms with E-state index in [1.165, 1.54) is 19.3 Å². The molecule has 2 nitrogen and oxygen atoms in total. The zero-order valence-electron chi connectivity index (χ0n) is 12.2. The molecule has 0 spiro atoms. The van der Waals surface area contributed by atoms with Crippen LogP contribution in [0.5, 0.6) is 5.75 Å². The Bertz CT molecular complexity index is 442. The van der Waals surface area contributed by atoms with Gasteiger partial charge in [-0.15, -0.1) is 0 Å². The zero-order valence-corrected chi connectivity index (χ0v) is 13.7. The number of nitrogens with one attached hydrogen (secondary N) is 1. The van der Waals surface area contributed by atoms with E-state index in [0.717, 1.165) is 30.7 Å². The summed E-state index contributed by atoms with van der Waals surface area (Å²) in [5.74, 6) is 0.802. The Labute approximate surface area is 131 Å². The highest BCUT2D eigenvalue weighted by Crippen LogP contribution is 2.35. The molecule has 0 atom stereocenters. The van der Waals surface area contributed by atoms with Crippen LogP contribution in [0, 0.1) is 0 Å². The van der Waals surface area contributed by atoms with Crippen molar-refractivity contribution in [1.29, 1.82) is 0 Å². The number of rotatable bonds is 5. The molecule has 1 aliphatic carbocycles. The normalized spacial score (nSPS) is 16.6. The number of benzene rings is 1. The molecule has 0 unspecified atom stereocenters. The Morgan fingerprint density at radius 2 is 1.90 bits per heavy atom. The fourth-order valence-corrected chi connectivity index (χ4v) is 3.12. The van der Waals surface area contributed by atoms with Gasteiger partial charge in [-0.25, -0.2) is 0 Å². The van der Waals surface area contributed by atoms with E-state index in [1.807, 2.05) is 6.07 Å². The first-order valence-corrected chi connectivity index (χ1v) is 8.20. The Kier molecular flexibility index (Phi) is 6.01. The molecule has 1 saturated carbocycles. The maximum atomic E-state index is 6.33. The average molecular weight is 316 g/mol. The van der Waals surface area contributed by atoms with Gasteiger partial charge in [0.05, 0.1) is 11.1 Å². The predicted octanol–water partition coefficient (Wildman–Crippen LogP) is 5.20. The molecule has 0 heterocycles. The first-order chi connectivity index (χ1) is 9.56. The molecule has 20 heavy (non-hydrogen) atoms. The van der Waals surface area contributed by atoms with Crippen molar-refractivity contribution in [1.82, 2.24) is 5.32 Å². The summed E-state index contributed by atoms with van der Waals surface area (Å²) in [6.45, 7) is 4.96. The molecule has 1 aromatic carbocycles. The van der Waals surface area contributed by atoms with Gasteiger partial charge in [0.2, 0.25) is 0 Å². The highest BCUT2D eigenvalue weighted by Gasteiger charge is 2.19. The average Bonchev–Trinajstić information content (AvgIpc) is 2.41. The summed E-state index contributed by atoms with van der Waals surface area (Å²) >= 11 is 12.4. The van der Waals surface area contributed by atoms with Crippen molar-refractivity contribution < 1.29 is 4.74 Å². The largest absolute Gasteiger partial charge is 0.489 e. The summed E-state index contributed by atoms with van der Waals surface area (Å²) in [7, 11) is 0. The van der Waals surface area contributed by atoms with Crippen molar-refractivity contribution in [2.45, 2.75) is 64.6 Å². The van der Waals surface area contributed by atoms with E-state index >= 15 is 0 Å². The van der Waals surface area contributed by atoms with E-state index < -0.39 is 0 Å². The SMILES string of the molecule is CC(C)NCc1cc(Cl)cc(Cl)c1OC1CCCCC1. The molecule has 0 aromatic heterocycles. The molecule has 112 valence electrons. The van der Waals surface area contributed by atoms with Gasteiger partial charge < -0.3 is 10.1 Å². The van der Waals surface area contributed by atoms with Gasteiger partial charge in [0, 0.05) is 23.2 Å². The topological polar surface area (TPSA) is 21.3 Å². The van der Waals surface area contributed by atoms with Gasteiger partial charge in [-0.3, -0.25) is 0 Å². The van der Waals surface area contributed by atoms with Crippen LogP contribution in [0.15, 0.2) is 12.1 Å². The first-order valence-electron chi connectivity index (χ1n) is 7.44. The lowest BCUT2D eigenvalue weighted by Crippen LogP contribution is -2.24. The van der Waals surface area contributed by atoms with Crippen molar-refractivity contribution in [2.24, 2.45) is 0 Å². The van der Waals surface area contributed by atoms with Crippen molar-refractivity contribution >= 4 is 23.2 Å². The third kappa shape index (κ3) is 4.54. The summed E-state index contributed by atoms with van der Waals surface area (Å²) < 4.78 is 6.17. The van der Waals surface area contributed by atoms with Gasteiger partial charge in [-0.05, 0) is 37.8 Å². The second-order valence-corrected chi connectivity index (χ2v) is 6.63. The maximum Gasteiger partial charge on any atom is 0.142 e. The van der Waals surface area contributed by atoms with Crippen molar-refractivity contribution in [3.63, 3.8) is 0 Å². The lowest BCUT2D eigenvalue weighted by Gasteiger charge is -2.25. The van der Waals surface area contributed by atoms with Crippen LogP contribution in [-0.4, -0.2) is 12.1 Å². The quantitative estimate of drug-likeness (QED) is 0.806. The van der Waals surface area contributed by atoms with E-state index in [0.29, 0.717) is 22.2 Å². The Hall–Kier alpha value is -0.440. The summed E-state index contributed by atoms with van der Waals surface area (Å²) in [5.41, 5.74) is 1.04. The minimum absolute atomic E-state index is 0.292. The van der Waals surface area contributed by atoms with Gasteiger partial charge in [0.1, 0.15) is 5.75 Å². The van der Waals surface area contributed by atoms with Crippen LogP contribution in [0.4, 0.5) is 0 Å². The number of ether oxygens (including phenoxy) is 1. The van der Waals surface area contributed by atoms with Crippen molar-refractivity contribution in [2.75, 3.05) is 0 Å². The lowest BCUT2D eigenvalue weighted by molar-refractivity contribution is 0.153. The molecule has 2 rings (SSSR count). The predicted molar refractivity (Wildman–Crippen MR) is 85.9 cm³/mol. The van der Waals surface area contributed by atoms with Crippen LogP contribution in [0.3, 0.4) is 0 Å². The first kappa shape index (κ1) is 15.9. The smallest absolute Gasteiger partial charge is 0.142 e. The minimum Gasteiger partial charge on any atom is -0.489 e. The molecule has 1 fully saturated rings. The van der Waals surface area contributed by atoms with Gasteiger partial charge in [0.15, 0.2) is 0 Å². The Balaban J connectivity index is 2.15. The highest BCUT2D eigenvalue weighted by molar-refractivity contribution is 6.35. The van der Waals surface area contributed by atoms with E-state index in [-0.39, 0.29) is 0 Å². The van der Waals surface area contributed by atoms with Crippen molar-refractivity contribution in [3.8, 4) is 5.75 Å². The van der Waals surface area contributed by atoms with E-state index in [4.69, 9.17) is 27.9 Å². The lowest BCUT2D eigenvalue weighted by atomic mass is 9.97. The van der Waals surface area contributed by atoms with E-state index in [9.17, 15) is 0 Å². The van der Waals surface area contributed by atoms with Crippen LogP contribution in [0.1, 0.15) is 51.5 Å². The molecule has 0 bridgehead atoms. The summed E-state index contributed by atoms with van der Waals surface area (Å²) in [5, 5.41) is 4.67. The van der Waals surface area contributed by atoms with Gasteiger partial charge in [0.25, 0.3) is 0 Å². The van der Waals surface area contributed by atoms with Crippen LogP contribution in [0.25, 0.3) is 0 Å². The number of hydrogen-bond donors (Lipinski definition) is 1. The second kappa shape index (κ2) is 7.53. The zero-order chi connectivity index (χ0) is 14.5. The molecule has 4 heteroatoms. The van der Waals surface area contributed by atoms with E-state index in [1.54, 1.807) is 6.07 Å². The highest BCUT2D eigenvalue weighted by atomic mass is 35.5. The molecule has 1 N–H and O–H groups in total. The molecule has 0 aliphatic heterocycles. The molecule has 1 aromatic rings. The van der Waals surface area contributed by atoms with Crippen LogP contribution in [0.2, 0.25) is 10.0 Å². The van der Waals surface area contributed by atoms with Crippen LogP contribution in [-0.2, 0) is 6.54 Å². The third-order valence-electron chi connectivity index (χ3n) is 3.62. The monoisotopic (exact) mass is 315 g/mol. The summed E-state index contributed by atoms with van der Waals surface area (Å²) in [6.07, 6.45) is 6.34. The fraction of sp³-hybridized carbons (Fsp3) is 0.625. The van der Waals surface area contributed by atoms with Crippen molar-refractivity contribution in [3.05, 3.63) is 27.7 Å². The Morgan fingerprint density at radius 1 is 1.20 bits per heavy atom. The van der Waals surface area contributed by atoms with Gasteiger partial charge >= 0.3 is 0 Å². The molecule has 0 amide bonds. The van der Waals surface area contributed by atoms with Crippen LogP contribution < -0.4 is 10.1 Å². The molecule has 0 saturated heterocycles. The standard InChI is InChI=1S/C16H23Cl2NO/c1-11(2)19-10-12-8-13(17)9-15(18)16(12)20-14-6-4-3-5-7-14/h8-9,11,14,19H,3-7,10H2,1-2H3.